The minimum absolute atomic E-state index is 0.0488. The molecular weight excluding hydrogens is 364 g/mol. The first-order valence-corrected chi connectivity index (χ1v) is 9.91. The lowest BCUT2D eigenvalue weighted by Crippen LogP contribution is -2.42. The number of carbonyl (C=O) groups excluding carboxylic acids is 1. The van der Waals surface area contributed by atoms with Crippen LogP contribution >= 0.6 is 0 Å². The molecule has 0 saturated carbocycles. The van der Waals surface area contributed by atoms with Crippen molar-refractivity contribution in [1.29, 1.82) is 0 Å². The molecule has 150 valence electrons. The average Bonchev–Trinajstić information content (AvgIpc) is 3.26. The lowest BCUT2D eigenvalue weighted by molar-refractivity contribution is -0.133. The van der Waals surface area contributed by atoms with E-state index in [-0.39, 0.29) is 11.9 Å². The second-order valence-electron chi connectivity index (χ2n) is 7.25. The number of benzene rings is 2. The summed E-state index contributed by atoms with van der Waals surface area (Å²) in [5.74, 6) is 1.64. The first-order valence-electron chi connectivity index (χ1n) is 9.91. The number of amides is 1. The van der Waals surface area contributed by atoms with E-state index in [1.165, 1.54) is 5.69 Å². The zero-order chi connectivity index (χ0) is 20.2. The van der Waals surface area contributed by atoms with Crippen molar-refractivity contribution in [1.82, 2.24) is 9.47 Å². The molecule has 3 aromatic rings. The van der Waals surface area contributed by atoms with E-state index in [1.54, 1.807) is 14.2 Å². The zero-order valence-electron chi connectivity index (χ0n) is 16.9. The molecule has 0 N–H and O–H groups in total. The zero-order valence-corrected chi connectivity index (χ0v) is 16.9. The van der Waals surface area contributed by atoms with Crippen LogP contribution < -0.4 is 9.47 Å². The molecule has 0 bridgehead atoms. The smallest absolute Gasteiger partial charge is 0.223 e. The van der Waals surface area contributed by atoms with E-state index >= 15 is 0 Å². The standard InChI is InChI=1S/C24H26N2O3/c1-28-20-15-18(16-21(17-20)29-2)10-11-23(27)26-14-13-25-12-6-9-22(25)24(26)19-7-4-3-5-8-19/h3-9,12,15-17,24H,10-11,13-14H2,1-2H3/t24-/m1/s1. The molecule has 0 spiro atoms. The summed E-state index contributed by atoms with van der Waals surface area (Å²) in [7, 11) is 3.27. The monoisotopic (exact) mass is 390 g/mol. The van der Waals surface area contributed by atoms with E-state index in [9.17, 15) is 4.79 Å². The van der Waals surface area contributed by atoms with Crippen LogP contribution in [0.1, 0.15) is 29.3 Å². The van der Waals surface area contributed by atoms with Crippen LogP contribution in [0, 0.1) is 0 Å². The van der Waals surface area contributed by atoms with Gasteiger partial charge in [0.15, 0.2) is 0 Å². The Hall–Kier alpha value is -3.21. The van der Waals surface area contributed by atoms with Gasteiger partial charge in [0, 0.05) is 37.5 Å². The number of aromatic nitrogens is 1. The first kappa shape index (κ1) is 19.1. The minimum Gasteiger partial charge on any atom is -0.497 e. The van der Waals surface area contributed by atoms with Crippen LogP contribution in [0.5, 0.6) is 11.5 Å². The summed E-state index contributed by atoms with van der Waals surface area (Å²) in [6.07, 6.45) is 3.18. The third-order valence-corrected chi connectivity index (χ3v) is 5.51. The number of hydrogen-bond donors (Lipinski definition) is 0. The van der Waals surface area contributed by atoms with Gasteiger partial charge < -0.3 is 18.9 Å². The predicted octanol–water partition coefficient (Wildman–Crippen LogP) is 4.07. The fourth-order valence-electron chi connectivity index (χ4n) is 4.04. The molecule has 0 saturated heterocycles. The maximum absolute atomic E-state index is 13.2. The van der Waals surface area contributed by atoms with Gasteiger partial charge in [-0.25, -0.2) is 0 Å². The quantitative estimate of drug-likeness (QED) is 0.637. The van der Waals surface area contributed by atoms with Crippen molar-refractivity contribution >= 4 is 5.91 Å². The molecule has 5 heteroatoms. The second-order valence-corrected chi connectivity index (χ2v) is 7.25. The van der Waals surface area contributed by atoms with Crippen molar-refractivity contribution in [2.45, 2.75) is 25.4 Å². The van der Waals surface area contributed by atoms with Gasteiger partial charge in [-0.3, -0.25) is 4.79 Å². The van der Waals surface area contributed by atoms with Gasteiger partial charge in [-0.2, -0.15) is 0 Å². The SMILES string of the molecule is COc1cc(CCC(=O)N2CCn3cccc3[C@H]2c2ccccc2)cc(OC)c1. The molecule has 1 aliphatic heterocycles. The molecule has 4 rings (SSSR count). The van der Waals surface area contributed by atoms with E-state index in [1.807, 2.05) is 41.3 Å². The fraction of sp³-hybridized carbons (Fsp3) is 0.292. The number of hydrogen-bond acceptors (Lipinski definition) is 3. The molecule has 5 nitrogen and oxygen atoms in total. The lowest BCUT2D eigenvalue weighted by Gasteiger charge is -2.37. The van der Waals surface area contributed by atoms with E-state index in [0.717, 1.165) is 29.2 Å². The van der Waals surface area contributed by atoms with Crippen molar-refractivity contribution in [3.8, 4) is 11.5 Å². The largest absolute Gasteiger partial charge is 0.497 e. The Morgan fingerprint density at radius 3 is 2.38 bits per heavy atom. The highest BCUT2D eigenvalue weighted by Crippen LogP contribution is 2.33. The molecule has 0 fully saturated rings. The number of rotatable bonds is 6. The Labute approximate surface area is 171 Å². The number of nitrogens with zero attached hydrogens (tertiary/aromatic N) is 2. The van der Waals surface area contributed by atoms with Crippen LogP contribution in [0.15, 0.2) is 66.9 Å². The Morgan fingerprint density at radius 1 is 0.966 bits per heavy atom. The molecule has 0 radical (unpaired) electrons. The maximum atomic E-state index is 13.2. The van der Waals surface area contributed by atoms with Crippen molar-refractivity contribution in [2.24, 2.45) is 0 Å². The van der Waals surface area contributed by atoms with Crippen LogP contribution in [0.3, 0.4) is 0 Å². The topological polar surface area (TPSA) is 43.7 Å². The summed E-state index contributed by atoms with van der Waals surface area (Å²) in [4.78, 5) is 15.3. The van der Waals surface area contributed by atoms with Gasteiger partial charge in [-0.15, -0.1) is 0 Å². The Bertz CT molecular complexity index is 959. The van der Waals surface area contributed by atoms with Gasteiger partial charge in [0.1, 0.15) is 11.5 Å². The van der Waals surface area contributed by atoms with Gasteiger partial charge in [0.2, 0.25) is 5.91 Å². The molecular formula is C24H26N2O3. The fourth-order valence-corrected chi connectivity index (χ4v) is 4.04. The van der Waals surface area contributed by atoms with Gasteiger partial charge in [0.05, 0.1) is 20.3 Å². The third-order valence-electron chi connectivity index (χ3n) is 5.51. The van der Waals surface area contributed by atoms with Crippen molar-refractivity contribution in [2.75, 3.05) is 20.8 Å². The summed E-state index contributed by atoms with van der Waals surface area (Å²) >= 11 is 0. The normalized spacial score (nSPS) is 15.7. The second kappa shape index (κ2) is 8.43. The van der Waals surface area contributed by atoms with E-state index in [4.69, 9.17) is 9.47 Å². The van der Waals surface area contributed by atoms with Gasteiger partial charge >= 0.3 is 0 Å². The molecule has 0 aliphatic carbocycles. The number of fused-ring (bicyclic) bond motifs is 1. The molecule has 29 heavy (non-hydrogen) atoms. The van der Waals surface area contributed by atoms with Crippen LogP contribution in [0.25, 0.3) is 0 Å². The molecule has 0 unspecified atom stereocenters. The van der Waals surface area contributed by atoms with E-state index < -0.39 is 0 Å². The van der Waals surface area contributed by atoms with E-state index in [2.05, 4.69) is 35.0 Å². The first-order chi connectivity index (χ1) is 14.2. The summed E-state index contributed by atoms with van der Waals surface area (Å²) in [6, 6.07) is 20.2. The summed E-state index contributed by atoms with van der Waals surface area (Å²) in [5.41, 5.74) is 3.34. The van der Waals surface area contributed by atoms with Crippen LogP contribution in [0.2, 0.25) is 0 Å². The highest BCUT2D eigenvalue weighted by atomic mass is 16.5. The predicted molar refractivity (Wildman–Crippen MR) is 112 cm³/mol. The summed E-state index contributed by atoms with van der Waals surface area (Å²) in [6.45, 7) is 1.53. The minimum atomic E-state index is -0.0488. The number of aryl methyl sites for hydroxylation is 1. The summed E-state index contributed by atoms with van der Waals surface area (Å²) < 4.78 is 12.9. The molecule has 1 amide bonds. The maximum Gasteiger partial charge on any atom is 0.223 e. The van der Waals surface area contributed by atoms with Crippen LogP contribution in [-0.2, 0) is 17.8 Å². The molecule has 2 aromatic carbocycles. The molecule has 1 aliphatic rings. The van der Waals surface area contributed by atoms with Crippen molar-refractivity contribution in [3.05, 3.63) is 83.7 Å². The van der Waals surface area contributed by atoms with Crippen LogP contribution in [0.4, 0.5) is 0 Å². The molecule has 1 aromatic heterocycles. The number of carbonyl (C=O) groups is 1. The van der Waals surface area contributed by atoms with E-state index in [0.29, 0.717) is 19.4 Å². The Morgan fingerprint density at radius 2 is 1.69 bits per heavy atom. The highest BCUT2D eigenvalue weighted by molar-refractivity contribution is 5.77. The van der Waals surface area contributed by atoms with Gasteiger partial charge in [0.25, 0.3) is 0 Å². The van der Waals surface area contributed by atoms with Crippen molar-refractivity contribution in [3.63, 3.8) is 0 Å². The lowest BCUT2D eigenvalue weighted by atomic mass is 9.99. The van der Waals surface area contributed by atoms with Crippen molar-refractivity contribution < 1.29 is 14.3 Å². The molecule has 2 heterocycles. The highest BCUT2D eigenvalue weighted by Gasteiger charge is 2.31. The average molecular weight is 390 g/mol. The van der Waals surface area contributed by atoms with Gasteiger partial charge in [-0.1, -0.05) is 30.3 Å². The van der Waals surface area contributed by atoms with Gasteiger partial charge in [-0.05, 0) is 41.8 Å². The van der Waals surface area contributed by atoms with Crippen LogP contribution in [-0.4, -0.2) is 36.1 Å². The third kappa shape index (κ3) is 3.99. The molecule has 1 atom stereocenters. The summed E-state index contributed by atoms with van der Waals surface area (Å²) in [5, 5.41) is 0. The Balaban J connectivity index is 1.55. The number of ether oxygens (including phenoxy) is 2. The Kier molecular flexibility index (Phi) is 5.56. The number of methoxy groups -OCH3 is 2.